The summed E-state index contributed by atoms with van der Waals surface area (Å²) < 4.78 is 0. The summed E-state index contributed by atoms with van der Waals surface area (Å²) in [5, 5.41) is 0. The Labute approximate surface area is 73.0 Å². The average Bonchev–Trinajstić information content (AvgIpc) is 1.96. The lowest BCUT2D eigenvalue weighted by Crippen LogP contribution is -2.23. The summed E-state index contributed by atoms with van der Waals surface area (Å²) in [6.07, 6.45) is 1.60. The Bertz CT molecular complexity index is 173. The van der Waals surface area contributed by atoms with Gasteiger partial charge in [-0.2, -0.15) is 0 Å². The first-order valence-corrected chi connectivity index (χ1v) is 4.13. The molecule has 1 atom stereocenters. The van der Waals surface area contributed by atoms with Crippen LogP contribution in [0.25, 0.3) is 0 Å². The normalized spacial score (nSPS) is 12.2. The third-order valence-corrected chi connectivity index (χ3v) is 1.84. The zero-order chi connectivity index (χ0) is 9.56. The molecule has 4 heteroatoms. The van der Waals surface area contributed by atoms with Gasteiger partial charge in [0.1, 0.15) is 5.78 Å². The van der Waals surface area contributed by atoms with Crippen molar-refractivity contribution in [1.82, 2.24) is 0 Å². The van der Waals surface area contributed by atoms with Crippen molar-refractivity contribution < 1.29 is 4.79 Å². The van der Waals surface area contributed by atoms with E-state index in [4.69, 9.17) is 11.5 Å². The minimum Gasteiger partial charge on any atom is -0.370 e. The Morgan fingerprint density at radius 3 is 2.42 bits per heavy atom. The van der Waals surface area contributed by atoms with Crippen molar-refractivity contribution >= 4 is 11.7 Å². The largest absolute Gasteiger partial charge is 0.370 e. The summed E-state index contributed by atoms with van der Waals surface area (Å²) in [6, 6.07) is 0. The SMILES string of the molecule is CCC(CCN=C(N)N)C(C)=O. The van der Waals surface area contributed by atoms with Crippen LogP contribution < -0.4 is 11.5 Å². The predicted molar refractivity (Wildman–Crippen MR) is 49.8 cm³/mol. The summed E-state index contributed by atoms with van der Waals surface area (Å²) in [5.74, 6) is 0.407. The van der Waals surface area contributed by atoms with Gasteiger partial charge in [-0.15, -0.1) is 0 Å². The van der Waals surface area contributed by atoms with E-state index in [1.54, 1.807) is 6.92 Å². The van der Waals surface area contributed by atoms with Gasteiger partial charge >= 0.3 is 0 Å². The molecule has 12 heavy (non-hydrogen) atoms. The van der Waals surface area contributed by atoms with Crippen LogP contribution in [0.2, 0.25) is 0 Å². The molecule has 0 aliphatic heterocycles. The van der Waals surface area contributed by atoms with E-state index in [-0.39, 0.29) is 17.7 Å². The molecule has 0 saturated heterocycles. The summed E-state index contributed by atoms with van der Waals surface area (Å²) in [4.78, 5) is 14.8. The molecular formula is C8H17N3O. The highest BCUT2D eigenvalue weighted by Crippen LogP contribution is 2.08. The van der Waals surface area contributed by atoms with Gasteiger partial charge in [0.15, 0.2) is 5.96 Å². The molecule has 0 aliphatic rings. The number of ketones is 1. The third-order valence-electron chi connectivity index (χ3n) is 1.84. The van der Waals surface area contributed by atoms with Gasteiger partial charge in [0.2, 0.25) is 0 Å². The van der Waals surface area contributed by atoms with E-state index in [9.17, 15) is 4.79 Å². The number of carbonyl (C=O) groups excluding carboxylic acids is 1. The molecule has 0 amide bonds. The third kappa shape index (κ3) is 4.71. The van der Waals surface area contributed by atoms with Crippen LogP contribution in [0.1, 0.15) is 26.7 Å². The second-order valence-electron chi connectivity index (χ2n) is 2.81. The van der Waals surface area contributed by atoms with Crippen molar-refractivity contribution in [2.75, 3.05) is 6.54 Å². The fraction of sp³-hybridized carbons (Fsp3) is 0.750. The van der Waals surface area contributed by atoms with Gasteiger partial charge in [-0.25, -0.2) is 0 Å². The standard InChI is InChI=1S/C8H17N3O/c1-3-7(6(2)12)4-5-11-8(9)10/h7H,3-5H2,1-2H3,(H4,9,10,11). The van der Waals surface area contributed by atoms with Crippen molar-refractivity contribution in [1.29, 1.82) is 0 Å². The van der Waals surface area contributed by atoms with Crippen LogP contribution in [0.5, 0.6) is 0 Å². The van der Waals surface area contributed by atoms with Crippen molar-refractivity contribution in [2.45, 2.75) is 26.7 Å². The fourth-order valence-electron chi connectivity index (χ4n) is 1.04. The summed E-state index contributed by atoms with van der Waals surface area (Å²) in [7, 11) is 0. The molecule has 70 valence electrons. The number of rotatable bonds is 5. The number of hydrogen-bond acceptors (Lipinski definition) is 2. The molecule has 0 rings (SSSR count). The van der Waals surface area contributed by atoms with E-state index in [0.29, 0.717) is 6.54 Å². The number of carbonyl (C=O) groups is 1. The lowest BCUT2D eigenvalue weighted by atomic mass is 9.98. The first kappa shape index (κ1) is 10.9. The minimum absolute atomic E-state index is 0.0911. The van der Waals surface area contributed by atoms with E-state index < -0.39 is 0 Å². The van der Waals surface area contributed by atoms with Crippen LogP contribution in [-0.2, 0) is 4.79 Å². The highest BCUT2D eigenvalue weighted by atomic mass is 16.1. The van der Waals surface area contributed by atoms with E-state index in [0.717, 1.165) is 12.8 Å². The van der Waals surface area contributed by atoms with Gasteiger partial charge in [-0.1, -0.05) is 6.92 Å². The summed E-state index contributed by atoms with van der Waals surface area (Å²) >= 11 is 0. The van der Waals surface area contributed by atoms with Gasteiger partial charge in [-0.3, -0.25) is 9.79 Å². The highest BCUT2D eigenvalue weighted by Gasteiger charge is 2.10. The van der Waals surface area contributed by atoms with Crippen LogP contribution in [0.15, 0.2) is 4.99 Å². The predicted octanol–water partition coefficient (Wildman–Crippen LogP) is 0.265. The van der Waals surface area contributed by atoms with Crippen molar-refractivity contribution in [3.8, 4) is 0 Å². The Kier molecular flexibility index (Phi) is 5.08. The van der Waals surface area contributed by atoms with E-state index >= 15 is 0 Å². The quantitative estimate of drug-likeness (QED) is 0.460. The molecule has 4 nitrogen and oxygen atoms in total. The second kappa shape index (κ2) is 5.57. The lowest BCUT2D eigenvalue weighted by molar-refractivity contribution is -0.120. The molecule has 0 spiro atoms. The number of aliphatic imine (C=N–C) groups is 1. The Balaban J connectivity index is 3.74. The topological polar surface area (TPSA) is 81.5 Å². The fourth-order valence-corrected chi connectivity index (χ4v) is 1.04. The van der Waals surface area contributed by atoms with Crippen LogP contribution in [-0.4, -0.2) is 18.3 Å². The molecule has 0 aromatic carbocycles. The molecule has 0 fully saturated rings. The van der Waals surface area contributed by atoms with Gasteiger partial charge in [0.25, 0.3) is 0 Å². The molecule has 0 heterocycles. The molecular weight excluding hydrogens is 154 g/mol. The number of Topliss-reactive ketones (excluding diaryl/α,β-unsaturated/α-hetero) is 1. The summed E-state index contributed by atoms with van der Waals surface area (Å²) in [6.45, 7) is 4.13. The molecule has 0 aliphatic carbocycles. The van der Waals surface area contributed by atoms with Crippen LogP contribution in [0.4, 0.5) is 0 Å². The van der Waals surface area contributed by atoms with E-state index in [1.807, 2.05) is 6.92 Å². The first-order chi connectivity index (χ1) is 5.57. The van der Waals surface area contributed by atoms with Crippen LogP contribution >= 0.6 is 0 Å². The number of nitrogens with zero attached hydrogens (tertiary/aromatic N) is 1. The molecule has 0 aromatic heterocycles. The molecule has 1 unspecified atom stereocenters. The molecule has 4 N–H and O–H groups in total. The minimum atomic E-state index is 0.0911. The summed E-state index contributed by atoms with van der Waals surface area (Å²) in [5.41, 5.74) is 10.3. The van der Waals surface area contributed by atoms with Crippen molar-refractivity contribution in [2.24, 2.45) is 22.4 Å². The molecule has 0 saturated carbocycles. The number of guanidine groups is 1. The van der Waals surface area contributed by atoms with Gasteiger partial charge < -0.3 is 11.5 Å². The Morgan fingerprint density at radius 2 is 2.08 bits per heavy atom. The van der Waals surface area contributed by atoms with Crippen LogP contribution in [0, 0.1) is 5.92 Å². The molecule has 0 radical (unpaired) electrons. The first-order valence-electron chi connectivity index (χ1n) is 4.13. The Morgan fingerprint density at radius 1 is 1.50 bits per heavy atom. The van der Waals surface area contributed by atoms with Crippen molar-refractivity contribution in [3.63, 3.8) is 0 Å². The van der Waals surface area contributed by atoms with Crippen LogP contribution in [0.3, 0.4) is 0 Å². The van der Waals surface area contributed by atoms with E-state index in [2.05, 4.69) is 4.99 Å². The molecule has 0 bridgehead atoms. The van der Waals surface area contributed by atoms with Gasteiger partial charge in [0.05, 0.1) is 0 Å². The highest BCUT2D eigenvalue weighted by molar-refractivity contribution is 5.78. The smallest absolute Gasteiger partial charge is 0.185 e. The average molecular weight is 171 g/mol. The number of hydrogen-bond donors (Lipinski definition) is 2. The lowest BCUT2D eigenvalue weighted by Gasteiger charge is -2.08. The second-order valence-corrected chi connectivity index (χ2v) is 2.81. The zero-order valence-corrected chi connectivity index (χ0v) is 7.71. The maximum absolute atomic E-state index is 10.9. The Hall–Kier alpha value is -1.06. The number of nitrogens with two attached hydrogens (primary N) is 2. The van der Waals surface area contributed by atoms with Gasteiger partial charge in [-0.05, 0) is 19.8 Å². The maximum Gasteiger partial charge on any atom is 0.185 e. The zero-order valence-electron chi connectivity index (χ0n) is 7.71. The monoisotopic (exact) mass is 171 g/mol. The van der Waals surface area contributed by atoms with Crippen molar-refractivity contribution in [3.05, 3.63) is 0 Å². The van der Waals surface area contributed by atoms with E-state index in [1.165, 1.54) is 0 Å². The molecule has 0 aromatic rings. The maximum atomic E-state index is 10.9. The van der Waals surface area contributed by atoms with Gasteiger partial charge in [0, 0.05) is 12.5 Å².